The van der Waals surface area contributed by atoms with E-state index in [9.17, 15) is 0 Å². The number of benzene rings is 1. The van der Waals surface area contributed by atoms with Crippen molar-refractivity contribution in [3.63, 3.8) is 0 Å². The van der Waals surface area contributed by atoms with Crippen LogP contribution in [0.5, 0.6) is 11.5 Å². The number of methoxy groups -OCH3 is 2. The molecule has 34 heavy (non-hydrogen) atoms. The molecule has 1 saturated heterocycles. The Labute approximate surface area is 204 Å². The van der Waals surface area contributed by atoms with Crippen molar-refractivity contribution in [2.24, 2.45) is 0 Å². The Balaban J connectivity index is 1.36. The van der Waals surface area contributed by atoms with Gasteiger partial charge in [0.25, 0.3) is 0 Å². The molecule has 1 aliphatic heterocycles. The first-order chi connectivity index (χ1) is 16.6. The third-order valence-corrected chi connectivity index (χ3v) is 6.60. The fourth-order valence-corrected chi connectivity index (χ4v) is 4.73. The molecule has 1 fully saturated rings. The van der Waals surface area contributed by atoms with Crippen molar-refractivity contribution in [3.05, 3.63) is 71.8 Å². The van der Waals surface area contributed by atoms with E-state index in [1.807, 2.05) is 29.1 Å². The van der Waals surface area contributed by atoms with Crippen molar-refractivity contribution >= 4 is 22.9 Å². The molecule has 0 radical (unpaired) electrons. The lowest BCUT2D eigenvalue weighted by Gasteiger charge is -2.23. The van der Waals surface area contributed by atoms with Crippen molar-refractivity contribution < 1.29 is 9.47 Å². The van der Waals surface area contributed by atoms with Crippen LogP contribution in [0.2, 0.25) is 5.02 Å². The second kappa shape index (κ2) is 9.91. The lowest BCUT2D eigenvalue weighted by Crippen LogP contribution is -2.30. The number of nitrogens with zero attached hydrogens (tertiary/aromatic N) is 5. The Morgan fingerprint density at radius 1 is 0.941 bits per heavy atom. The van der Waals surface area contributed by atoms with E-state index in [1.165, 1.54) is 11.3 Å². The molecule has 1 aliphatic rings. The van der Waals surface area contributed by atoms with E-state index in [-0.39, 0.29) is 0 Å². The molecule has 1 aromatic carbocycles. The highest BCUT2D eigenvalue weighted by Gasteiger charge is 2.18. The molecule has 0 N–H and O–H groups in total. The molecular weight excluding hydrogens is 450 g/mol. The molecular formula is C26H28ClN5O2. The Hall–Kier alpha value is -3.29. The largest absolute Gasteiger partial charge is 0.496 e. The topological polar surface area (TPSA) is 55.1 Å². The van der Waals surface area contributed by atoms with Gasteiger partial charge in [-0.15, -0.1) is 0 Å². The maximum absolute atomic E-state index is 6.38. The molecule has 0 saturated carbocycles. The minimum atomic E-state index is 0.525. The van der Waals surface area contributed by atoms with Crippen molar-refractivity contribution in [3.8, 4) is 22.8 Å². The molecule has 5 rings (SSSR count). The summed E-state index contributed by atoms with van der Waals surface area (Å²) in [6.07, 6.45) is 8.92. The maximum atomic E-state index is 6.38. The summed E-state index contributed by atoms with van der Waals surface area (Å²) in [4.78, 5) is 14.0. The number of halogens is 1. The van der Waals surface area contributed by atoms with Gasteiger partial charge in [-0.05, 0) is 36.2 Å². The second-order valence-electron chi connectivity index (χ2n) is 8.44. The summed E-state index contributed by atoms with van der Waals surface area (Å²) in [5.41, 5.74) is 5.02. The van der Waals surface area contributed by atoms with Crippen LogP contribution in [-0.4, -0.2) is 59.7 Å². The summed E-state index contributed by atoms with van der Waals surface area (Å²) in [5.74, 6) is 1.25. The van der Waals surface area contributed by atoms with E-state index in [4.69, 9.17) is 26.1 Å². The Morgan fingerprint density at radius 2 is 1.76 bits per heavy atom. The van der Waals surface area contributed by atoms with Gasteiger partial charge >= 0.3 is 0 Å². The van der Waals surface area contributed by atoms with Crippen LogP contribution >= 0.6 is 11.6 Å². The van der Waals surface area contributed by atoms with E-state index < -0.39 is 0 Å². The highest BCUT2D eigenvalue weighted by Crippen LogP contribution is 2.38. The molecule has 0 spiro atoms. The average Bonchev–Trinajstić information content (AvgIpc) is 3.15. The van der Waals surface area contributed by atoms with Gasteiger partial charge in [-0.2, -0.15) is 0 Å². The summed E-state index contributed by atoms with van der Waals surface area (Å²) in [7, 11) is 3.23. The van der Waals surface area contributed by atoms with Gasteiger partial charge in [0, 0.05) is 80.9 Å². The minimum absolute atomic E-state index is 0.525. The number of ether oxygens (including phenoxy) is 2. The zero-order valence-electron chi connectivity index (χ0n) is 19.4. The summed E-state index contributed by atoms with van der Waals surface area (Å²) in [6.45, 7) is 5.09. The first-order valence-corrected chi connectivity index (χ1v) is 11.8. The lowest BCUT2D eigenvalue weighted by atomic mass is 10.1. The zero-order valence-corrected chi connectivity index (χ0v) is 20.2. The summed E-state index contributed by atoms with van der Waals surface area (Å²) in [6, 6.07) is 12.1. The molecule has 7 nitrogen and oxygen atoms in total. The lowest BCUT2D eigenvalue weighted by molar-refractivity contribution is 0.285. The number of anilines is 1. The molecule has 0 aliphatic carbocycles. The molecule has 3 aromatic heterocycles. The predicted molar refractivity (Wildman–Crippen MR) is 135 cm³/mol. The Morgan fingerprint density at radius 3 is 2.56 bits per heavy atom. The van der Waals surface area contributed by atoms with E-state index in [0.29, 0.717) is 16.5 Å². The van der Waals surface area contributed by atoms with Gasteiger partial charge in [0.1, 0.15) is 17.1 Å². The predicted octanol–water partition coefficient (Wildman–Crippen LogP) is 4.78. The molecule has 0 amide bonds. The van der Waals surface area contributed by atoms with Gasteiger partial charge < -0.3 is 18.8 Å². The highest BCUT2D eigenvalue weighted by molar-refractivity contribution is 6.32. The summed E-state index contributed by atoms with van der Waals surface area (Å²) >= 11 is 6.38. The maximum Gasteiger partial charge on any atom is 0.141 e. The third-order valence-electron chi connectivity index (χ3n) is 6.30. The number of rotatable bonds is 6. The monoisotopic (exact) mass is 477 g/mol. The van der Waals surface area contributed by atoms with Gasteiger partial charge in [0.2, 0.25) is 0 Å². The molecule has 0 atom stereocenters. The van der Waals surface area contributed by atoms with Gasteiger partial charge in [-0.25, -0.2) is 4.98 Å². The average molecular weight is 478 g/mol. The Bertz CT molecular complexity index is 1280. The summed E-state index contributed by atoms with van der Waals surface area (Å²) in [5, 5.41) is 0.525. The van der Waals surface area contributed by atoms with Crippen LogP contribution in [0.1, 0.15) is 12.0 Å². The van der Waals surface area contributed by atoms with E-state index in [0.717, 1.165) is 56.0 Å². The number of hydrogen-bond acceptors (Lipinski definition) is 6. The second-order valence-corrected chi connectivity index (χ2v) is 8.84. The zero-order chi connectivity index (χ0) is 23.5. The minimum Gasteiger partial charge on any atom is -0.496 e. The number of fused-ring (bicyclic) bond motifs is 1. The first-order valence-electron chi connectivity index (χ1n) is 11.4. The Kier molecular flexibility index (Phi) is 6.56. The number of hydrogen-bond donors (Lipinski definition) is 0. The van der Waals surface area contributed by atoms with Crippen molar-refractivity contribution in [2.75, 3.05) is 45.3 Å². The molecule has 4 aromatic rings. The fourth-order valence-electron chi connectivity index (χ4n) is 4.49. The SMILES string of the molecule is COc1cc(OC)c(-c2cn3ccc(N4CCCN(Cc5ccncc5)CC4)cc3n2)cc1Cl. The highest BCUT2D eigenvalue weighted by atomic mass is 35.5. The third kappa shape index (κ3) is 4.67. The van der Waals surface area contributed by atoms with Crippen LogP contribution in [-0.2, 0) is 6.54 Å². The molecule has 0 unspecified atom stereocenters. The van der Waals surface area contributed by atoms with Crippen LogP contribution in [0.3, 0.4) is 0 Å². The number of pyridine rings is 2. The molecule has 176 valence electrons. The van der Waals surface area contributed by atoms with Gasteiger partial charge in [-0.3, -0.25) is 9.88 Å². The van der Waals surface area contributed by atoms with Crippen LogP contribution in [0.4, 0.5) is 5.69 Å². The van der Waals surface area contributed by atoms with E-state index in [2.05, 4.69) is 45.2 Å². The number of aromatic nitrogens is 3. The van der Waals surface area contributed by atoms with Crippen LogP contribution < -0.4 is 14.4 Å². The first kappa shape index (κ1) is 22.5. The van der Waals surface area contributed by atoms with E-state index in [1.54, 1.807) is 20.3 Å². The van der Waals surface area contributed by atoms with Crippen molar-refractivity contribution in [1.82, 2.24) is 19.3 Å². The van der Waals surface area contributed by atoms with E-state index >= 15 is 0 Å². The van der Waals surface area contributed by atoms with Gasteiger partial charge in [0.15, 0.2) is 0 Å². The van der Waals surface area contributed by atoms with Crippen molar-refractivity contribution in [1.29, 1.82) is 0 Å². The standard InChI is InChI=1S/C26H28ClN5O2/c1-33-24-16-25(34-2)22(27)15-21(24)23-18-32-11-6-20(14-26(32)29-23)31-10-3-9-30(12-13-31)17-19-4-7-28-8-5-19/h4-8,11,14-16,18H,3,9-10,12-13,17H2,1-2H3. The normalized spacial score (nSPS) is 14.9. The quantitative estimate of drug-likeness (QED) is 0.398. The van der Waals surface area contributed by atoms with Gasteiger partial charge in [0.05, 0.1) is 24.9 Å². The molecule has 4 heterocycles. The van der Waals surface area contributed by atoms with Crippen LogP contribution in [0, 0.1) is 0 Å². The number of imidazole rings is 1. The smallest absolute Gasteiger partial charge is 0.141 e. The van der Waals surface area contributed by atoms with Gasteiger partial charge in [-0.1, -0.05) is 11.6 Å². The van der Waals surface area contributed by atoms with Crippen LogP contribution in [0.25, 0.3) is 16.9 Å². The fraction of sp³-hybridized carbons (Fsp3) is 0.308. The molecule has 0 bridgehead atoms. The van der Waals surface area contributed by atoms with Crippen LogP contribution in [0.15, 0.2) is 61.2 Å². The van der Waals surface area contributed by atoms with Crippen molar-refractivity contribution in [2.45, 2.75) is 13.0 Å². The molecule has 8 heteroatoms. The summed E-state index contributed by atoms with van der Waals surface area (Å²) < 4.78 is 12.9.